The highest BCUT2D eigenvalue weighted by atomic mass is 16.4. The fourth-order valence-corrected chi connectivity index (χ4v) is 4.86. The third-order valence-corrected chi connectivity index (χ3v) is 7.25. The van der Waals surface area contributed by atoms with Crippen LogP contribution < -0.4 is 0 Å². The maximum Gasteiger partial charge on any atom is 0.310 e. The molecule has 4 N–H and O–H groups in total. The zero-order valence-corrected chi connectivity index (χ0v) is 22.7. The molecule has 0 amide bonds. The quantitative estimate of drug-likeness (QED) is 0.135. The number of aliphatic carboxylic acids is 1. The van der Waals surface area contributed by atoms with Crippen LogP contribution in [0, 0.1) is 17.3 Å². The number of rotatable bonds is 21. The molecule has 5 nitrogen and oxygen atoms in total. The highest BCUT2D eigenvalue weighted by Crippen LogP contribution is 2.45. The first-order valence-corrected chi connectivity index (χ1v) is 13.9. The molecule has 0 bridgehead atoms. The predicted molar refractivity (Wildman–Crippen MR) is 139 cm³/mol. The van der Waals surface area contributed by atoms with Gasteiger partial charge in [0.15, 0.2) is 0 Å². The van der Waals surface area contributed by atoms with Gasteiger partial charge in [-0.15, -0.1) is 0 Å². The molecular formula is C28H58O5. The number of hydrogen-bond acceptors (Lipinski definition) is 4. The molecule has 0 fully saturated rings. The first-order chi connectivity index (χ1) is 15.8. The highest BCUT2D eigenvalue weighted by molar-refractivity contribution is 5.75. The topological polar surface area (TPSA) is 98.0 Å². The third kappa shape index (κ3) is 15.8. The summed E-state index contributed by atoms with van der Waals surface area (Å²) in [5, 5.41) is 34.4. The minimum Gasteiger partial charge on any atom is -0.481 e. The van der Waals surface area contributed by atoms with Crippen molar-refractivity contribution in [3.8, 4) is 0 Å². The SMILES string of the molecule is CCCCCCCCCC(C(=O)O)(C(C)CCCCC)C(C)CCCCC.OCC(O)CO. The standard InChI is InChI=1S/C25H50O2.C3H8O3/c1-6-9-12-13-14-15-18-21-25(24(26)27,22(4)19-16-10-7-2)23(5)20-17-11-8-3;4-1-3(6)2-5/h22-23H,6-21H2,1-5H3,(H,26,27);3-6H,1-2H2. The van der Waals surface area contributed by atoms with E-state index >= 15 is 0 Å². The molecule has 0 aromatic rings. The molecule has 5 heteroatoms. The molecule has 33 heavy (non-hydrogen) atoms. The lowest BCUT2D eigenvalue weighted by atomic mass is 9.62. The van der Waals surface area contributed by atoms with Gasteiger partial charge in [0, 0.05) is 0 Å². The predicted octanol–water partition coefficient (Wildman–Crippen LogP) is 6.96. The average Bonchev–Trinajstić information content (AvgIpc) is 2.80. The van der Waals surface area contributed by atoms with Gasteiger partial charge in [-0.2, -0.15) is 0 Å². The molecule has 0 aromatic heterocycles. The Kier molecular flexibility index (Phi) is 24.2. The molecule has 0 aliphatic rings. The Hall–Kier alpha value is -0.650. The Labute approximate surface area is 205 Å². The molecule has 0 rings (SSSR count). The van der Waals surface area contributed by atoms with E-state index in [1.165, 1.54) is 77.0 Å². The fourth-order valence-electron chi connectivity index (χ4n) is 4.86. The van der Waals surface area contributed by atoms with Gasteiger partial charge in [0.1, 0.15) is 6.10 Å². The summed E-state index contributed by atoms with van der Waals surface area (Å²) >= 11 is 0. The number of hydrogen-bond donors (Lipinski definition) is 4. The van der Waals surface area contributed by atoms with Gasteiger partial charge in [-0.05, 0) is 31.1 Å². The van der Waals surface area contributed by atoms with Gasteiger partial charge in [-0.3, -0.25) is 4.79 Å². The molecule has 2 atom stereocenters. The smallest absolute Gasteiger partial charge is 0.310 e. The molecule has 0 radical (unpaired) electrons. The van der Waals surface area contributed by atoms with Gasteiger partial charge in [-0.1, -0.05) is 118 Å². The Morgan fingerprint density at radius 3 is 1.36 bits per heavy atom. The van der Waals surface area contributed by atoms with Gasteiger partial charge in [0.2, 0.25) is 0 Å². The lowest BCUT2D eigenvalue weighted by Gasteiger charge is -2.41. The lowest BCUT2D eigenvalue weighted by Crippen LogP contribution is -2.43. The highest BCUT2D eigenvalue weighted by Gasteiger charge is 2.46. The second kappa shape index (κ2) is 23.1. The summed E-state index contributed by atoms with van der Waals surface area (Å²) in [5.74, 6) is 0.0259. The van der Waals surface area contributed by atoms with Crippen molar-refractivity contribution in [2.45, 2.75) is 143 Å². The molecule has 0 saturated carbocycles. The van der Waals surface area contributed by atoms with Crippen molar-refractivity contribution in [1.29, 1.82) is 0 Å². The van der Waals surface area contributed by atoms with Crippen LogP contribution in [0.25, 0.3) is 0 Å². The van der Waals surface area contributed by atoms with Crippen molar-refractivity contribution >= 4 is 5.97 Å². The van der Waals surface area contributed by atoms with E-state index in [-0.39, 0.29) is 25.0 Å². The average molecular weight is 475 g/mol. The third-order valence-electron chi connectivity index (χ3n) is 7.25. The Balaban J connectivity index is 0. The molecule has 0 aliphatic heterocycles. The van der Waals surface area contributed by atoms with E-state index < -0.39 is 17.5 Å². The first-order valence-electron chi connectivity index (χ1n) is 13.9. The zero-order chi connectivity index (χ0) is 25.5. The van der Waals surface area contributed by atoms with Crippen molar-refractivity contribution in [3.05, 3.63) is 0 Å². The van der Waals surface area contributed by atoms with E-state index in [2.05, 4.69) is 34.6 Å². The molecule has 0 spiro atoms. The maximum atomic E-state index is 12.6. The molecule has 200 valence electrons. The monoisotopic (exact) mass is 474 g/mol. The van der Waals surface area contributed by atoms with Crippen LogP contribution >= 0.6 is 0 Å². The number of carboxylic acids is 1. The van der Waals surface area contributed by atoms with Crippen LogP contribution in [-0.2, 0) is 4.79 Å². The van der Waals surface area contributed by atoms with Gasteiger partial charge < -0.3 is 20.4 Å². The molecule has 0 aliphatic carbocycles. The number of unbranched alkanes of at least 4 members (excludes halogenated alkanes) is 10. The van der Waals surface area contributed by atoms with Crippen molar-refractivity contribution in [2.24, 2.45) is 17.3 Å². The Morgan fingerprint density at radius 1 is 0.667 bits per heavy atom. The van der Waals surface area contributed by atoms with Gasteiger partial charge in [0.25, 0.3) is 0 Å². The van der Waals surface area contributed by atoms with E-state index in [0.29, 0.717) is 0 Å². The van der Waals surface area contributed by atoms with E-state index in [9.17, 15) is 9.90 Å². The summed E-state index contributed by atoms with van der Waals surface area (Å²) in [6.07, 6.45) is 18.1. The van der Waals surface area contributed by atoms with Gasteiger partial charge >= 0.3 is 5.97 Å². The number of carboxylic acid groups (broad SMARTS) is 1. The molecule has 2 unspecified atom stereocenters. The lowest BCUT2D eigenvalue weighted by molar-refractivity contribution is -0.158. The summed E-state index contributed by atoms with van der Waals surface area (Å²) in [7, 11) is 0. The minimum atomic E-state index is -0.954. The second-order valence-electron chi connectivity index (χ2n) is 10.0. The fraction of sp³-hybridized carbons (Fsp3) is 0.964. The summed E-state index contributed by atoms with van der Waals surface area (Å²) in [6.45, 7) is 10.4. The minimum absolute atomic E-state index is 0.276. The van der Waals surface area contributed by atoms with Crippen LogP contribution in [0.5, 0.6) is 0 Å². The Bertz CT molecular complexity index is 407. The van der Waals surface area contributed by atoms with E-state index in [4.69, 9.17) is 15.3 Å². The van der Waals surface area contributed by atoms with Crippen molar-refractivity contribution in [3.63, 3.8) is 0 Å². The Morgan fingerprint density at radius 2 is 1.03 bits per heavy atom. The van der Waals surface area contributed by atoms with Gasteiger partial charge in [0.05, 0.1) is 18.6 Å². The van der Waals surface area contributed by atoms with Crippen LogP contribution in [0.1, 0.15) is 137 Å². The largest absolute Gasteiger partial charge is 0.481 e. The second-order valence-corrected chi connectivity index (χ2v) is 10.0. The van der Waals surface area contributed by atoms with Crippen LogP contribution in [0.2, 0.25) is 0 Å². The number of aliphatic hydroxyl groups is 3. The van der Waals surface area contributed by atoms with E-state index in [1.807, 2.05) is 0 Å². The van der Waals surface area contributed by atoms with E-state index in [0.717, 1.165) is 25.7 Å². The molecule has 0 aromatic carbocycles. The number of aliphatic hydroxyl groups excluding tert-OH is 3. The number of carbonyl (C=O) groups is 1. The summed E-state index contributed by atoms with van der Waals surface area (Å²) in [6, 6.07) is 0. The van der Waals surface area contributed by atoms with Crippen molar-refractivity contribution < 1.29 is 25.2 Å². The van der Waals surface area contributed by atoms with Crippen LogP contribution in [-0.4, -0.2) is 45.7 Å². The maximum absolute atomic E-state index is 12.6. The summed E-state index contributed by atoms with van der Waals surface area (Å²) < 4.78 is 0. The molecular weight excluding hydrogens is 416 g/mol. The van der Waals surface area contributed by atoms with Crippen molar-refractivity contribution in [1.82, 2.24) is 0 Å². The van der Waals surface area contributed by atoms with Crippen LogP contribution in [0.3, 0.4) is 0 Å². The molecule has 0 heterocycles. The summed E-state index contributed by atoms with van der Waals surface area (Å²) in [5.41, 5.74) is -0.523. The van der Waals surface area contributed by atoms with Crippen molar-refractivity contribution in [2.75, 3.05) is 13.2 Å². The van der Waals surface area contributed by atoms with Crippen LogP contribution in [0.4, 0.5) is 0 Å². The van der Waals surface area contributed by atoms with Gasteiger partial charge in [-0.25, -0.2) is 0 Å². The first kappa shape index (κ1) is 34.5. The normalized spacial score (nSPS) is 14.9. The van der Waals surface area contributed by atoms with E-state index in [1.54, 1.807) is 0 Å². The zero-order valence-electron chi connectivity index (χ0n) is 22.7. The van der Waals surface area contributed by atoms with Crippen LogP contribution in [0.15, 0.2) is 0 Å². The molecule has 0 saturated heterocycles. The summed E-state index contributed by atoms with van der Waals surface area (Å²) in [4.78, 5) is 12.6.